The molecule has 0 bridgehead atoms. The monoisotopic (exact) mass is 588 g/mol. The van der Waals surface area contributed by atoms with E-state index in [1.165, 1.54) is 11.1 Å². The van der Waals surface area contributed by atoms with Gasteiger partial charge in [-0.1, -0.05) is 26.0 Å². The summed E-state index contributed by atoms with van der Waals surface area (Å²) in [4.78, 5) is 15.1. The number of nitrogens with zero attached hydrogens (tertiary/aromatic N) is 4. The van der Waals surface area contributed by atoms with E-state index in [2.05, 4.69) is 10.3 Å². The Morgan fingerprint density at radius 1 is 1.23 bits per heavy atom. The zero-order chi connectivity index (χ0) is 29.6. The number of hydrogen-bond donors (Lipinski definition) is 4. The zero-order valence-corrected chi connectivity index (χ0v) is 23.5. The van der Waals surface area contributed by atoms with Crippen LogP contribution in [0.1, 0.15) is 46.1 Å². The van der Waals surface area contributed by atoms with Gasteiger partial charge in [-0.3, -0.25) is 4.79 Å². The van der Waals surface area contributed by atoms with Crippen LogP contribution in [-0.2, 0) is 9.53 Å². The van der Waals surface area contributed by atoms with Gasteiger partial charge in [-0.2, -0.15) is 0 Å². The molecule has 1 aliphatic carbocycles. The average Bonchev–Trinajstić information content (AvgIpc) is 3.33. The molecule has 4 rings (SSSR count). The number of aliphatic hydroxyl groups is 4. The van der Waals surface area contributed by atoms with E-state index in [1.807, 2.05) is 20.8 Å². The molecule has 2 heterocycles. The molecule has 14 heteroatoms. The second kappa shape index (κ2) is 11.6. The van der Waals surface area contributed by atoms with E-state index in [4.69, 9.17) is 4.74 Å². The van der Waals surface area contributed by atoms with E-state index in [-0.39, 0.29) is 22.6 Å². The summed E-state index contributed by atoms with van der Waals surface area (Å²) in [5, 5.41) is 50.1. The second-order valence-electron chi connectivity index (χ2n) is 11.8. The van der Waals surface area contributed by atoms with Gasteiger partial charge < -0.3 is 30.1 Å². The molecular weight excluding hydrogens is 553 g/mol. The van der Waals surface area contributed by atoms with Crippen LogP contribution < -0.4 is 0 Å². The van der Waals surface area contributed by atoms with Crippen molar-refractivity contribution in [1.29, 1.82) is 0 Å². The first-order chi connectivity index (χ1) is 18.6. The summed E-state index contributed by atoms with van der Waals surface area (Å²) in [6.45, 7) is 5.71. The molecular formula is C26H35F3N4O6S. The van der Waals surface area contributed by atoms with E-state index >= 15 is 0 Å². The highest BCUT2D eigenvalue weighted by atomic mass is 32.2. The molecule has 4 N–H and O–H groups in total. The molecule has 1 amide bonds. The standard InChI is InChI=1S/C26H35F3N4O6S/c1-25(2,3)12-32(4)23(37)22(26(38)6-5-7-26)40-24-21(36)19(20(35)17(11-34)39-24)33-10-16(30-31-33)13-8-14(27)18(29)15(28)9-13/h8-10,17,19-22,24,34-36,38H,5-7,11-12H2,1-4H3/t17-,19+,20+,21-,22+,24+/m1/s1. The minimum absolute atomic E-state index is 0.0610. The van der Waals surface area contributed by atoms with E-state index in [1.54, 1.807) is 7.05 Å². The van der Waals surface area contributed by atoms with Crippen molar-refractivity contribution in [3.63, 3.8) is 0 Å². The summed E-state index contributed by atoms with van der Waals surface area (Å²) in [6.07, 6.45) is -1.49. The molecule has 2 aliphatic rings. The number of halogens is 3. The first kappa shape index (κ1) is 30.7. The summed E-state index contributed by atoms with van der Waals surface area (Å²) >= 11 is 0.909. The van der Waals surface area contributed by atoms with Crippen LogP contribution in [0.15, 0.2) is 18.3 Å². The fourth-order valence-electron chi connectivity index (χ4n) is 5.09. The third-order valence-electron chi connectivity index (χ3n) is 7.23. The average molecular weight is 589 g/mol. The molecule has 0 radical (unpaired) electrons. The molecule has 10 nitrogen and oxygen atoms in total. The van der Waals surface area contributed by atoms with Gasteiger partial charge in [-0.25, -0.2) is 17.9 Å². The van der Waals surface area contributed by atoms with Crippen molar-refractivity contribution in [3.8, 4) is 11.3 Å². The largest absolute Gasteiger partial charge is 0.394 e. The first-order valence-electron chi connectivity index (χ1n) is 13.0. The maximum absolute atomic E-state index is 13.8. The number of benzene rings is 1. The van der Waals surface area contributed by atoms with Crippen molar-refractivity contribution >= 4 is 17.7 Å². The third-order valence-corrected chi connectivity index (χ3v) is 8.80. The summed E-state index contributed by atoms with van der Waals surface area (Å²) in [7, 11) is 1.64. The number of amides is 1. The van der Waals surface area contributed by atoms with Crippen LogP contribution in [0.5, 0.6) is 0 Å². The number of hydrogen-bond acceptors (Lipinski definition) is 9. The number of ether oxygens (including phenoxy) is 1. The van der Waals surface area contributed by atoms with Crippen LogP contribution in [-0.4, -0.2) is 101 Å². The normalized spacial score (nSPS) is 27.2. The third kappa shape index (κ3) is 6.16. The number of aliphatic hydroxyl groups excluding tert-OH is 3. The smallest absolute Gasteiger partial charge is 0.238 e. The van der Waals surface area contributed by atoms with Crippen LogP contribution in [0.25, 0.3) is 11.3 Å². The lowest BCUT2D eigenvalue weighted by atomic mass is 9.77. The Labute approximate surface area is 234 Å². The van der Waals surface area contributed by atoms with Crippen molar-refractivity contribution in [2.75, 3.05) is 20.2 Å². The Morgan fingerprint density at radius 2 is 1.85 bits per heavy atom. The minimum atomic E-state index is -1.64. The fourth-order valence-corrected chi connectivity index (χ4v) is 6.67. The van der Waals surface area contributed by atoms with Crippen molar-refractivity contribution in [2.45, 2.75) is 80.7 Å². The molecule has 0 unspecified atom stereocenters. The molecule has 1 aromatic heterocycles. The summed E-state index contributed by atoms with van der Waals surface area (Å²) < 4.78 is 47.8. The molecule has 1 aromatic carbocycles. The molecule has 2 fully saturated rings. The lowest BCUT2D eigenvalue weighted by Gasteiger charge is -2.47. The van der Waals surface area contributed by atoms with Crippen LogP contribution in [0.2, 0.25) is 0 Å². The predicted octanol–water partition coefficient (Wildman–Crippen LogP) is 1.86. The number of rotatable bonds is 8. The summed E-state index contributed by atoms with van der Waals surface area (Å²) in [5.41, 5.74) is -2.90. The quantitative estimate of drug-likeness (QED) is 0.340. The Morgan fingerprint density at radius 3 is 2.38 bits per heavy atom. The molecule has 222 valence electrons. The Kier molecular flexibility index (Phi) is 8.89. The number of carbonyl (C=O) groups excluding carboxylic acids is 1. The molecule has 40 heavy (non-hydrogen) atoms. The highest BCUT2D eigenvalue weighted by molar-refractivity contribution is 8.01. The van der Waals surface area contributed by atoms with E-state index in [0.717, 1.165) is 35.0 Å². The lowest BCUT2D eigenvalue weighted by Crippen LogP contribution is -2.59. The molecule has 1 saturated carbocycles. The molecule has 0 spiro atoms. The number of aromatic nitrogens is 3. The van der Waals surface area contributed by atoms with Crippen molar-refractivity contribution in [1.82, 2.24) is 19.9 Å². The van der Waals surface area contributed by atoms with E-state index in [9.17, 15) is 38.4 Å². The van der Waals surface area contributed by atoms with Gasteiger partial charge in [-0.05, 0) is 36.8 Å². The van der Waals surface area contributed by atoms with Gasteiger partial charge in [0.1, 0.15) is 40.7 Å². The van der Waals surface area contributed by atoms with Crippen molar-refractivity contribution < 1.29 is 43.1 Å². The molecule has 1 aliphatic heterocycles. The number of thioether (sulfide) groups is 1. The first-order valence-corrected chi connectivity index (χ1v) is 13.9. The zero-order valence-electron chi connectivity index (χ0n) is 22.7. The highest BCUT2D eigenvalue weighted by Gasteiger charge is 2.53. The van der Waals surface area contributed by atoms with Gasteiger partial charge in [0.25, 0.3) is 0 Å². The predicted molar refractivity (Wildman–Crippen MR) is 139 cm³/mol. The molecule has 1 saturated heterocycles. The topological polar surface area (TPSA) is 141 Å². The van der Waals surface area contributed by atoms with Gasteiger partial charge in [0.15, 0.2) is 17.5 Å². The molecule has 6 atom stereocenters. The van der Waals surface area contributed by atoms with Crippen molar-refractivity contribution in [3.05, 3.63) is 35.8 Å². The summed E-state index contributed by atoms with van der Waals surface area (Å²) in [5.74, 6) is -4.82. The Balaban J connectivity index is 1.62. The second-order valence-corrected chi connectivity index (χ2v) is 13.0. The Hall–Kier alpha value is -2.23. The van der Waals surface area contributed by atoms with Crippen LogP contribution in [0.3, 0.4) is 0 Å². The van der Waals surface area contributed by atoms with Gasteiger partial charge in [-0.15, -0.1) is 16.9 Å². The molecule has 2 aromatic rings. The maximum Gasteiger partial charge on any atom is 0.238 e. The van der Waals surface area contributed by atoms with Crippen LogP contribution >= 0.6 is 11.8 Å². The summed E-state index contributed by atoms with van der Waals surface area (Å²) in [6, 6.07) is 0.226. The van der Waals surface area contributed by atoms with Gasteiger partial charge in [0, 0.05) is 19.2 Å². The van der Waals surface area contributed by atoms with Gasteiger partial charge in [0.05, 0.1) is 18.4 Å². The fraction of sp³-hybridized carbons (Fsp3) is 0.654. The SMILES string of the molecule is CN(CC(C)(C)C)C(=O)[C@H](S[C@@H]1O[C@H](CO)[C@H](O)[C@H](n2cc(-c3cc(F)c(F)c(F)c3)nn2)[C@H]1O)C1(O)CCC1. The maximum atomic E-state index is 13.8. The minimum Gasteiger partial charge on any atom is -0.394 e. The van der Waals surface area contributed by atoms with E-state index in [0.29, 0.717) is 19.4 Å². The number of carbonyl (C=O) groups is 1. The van der Waals surface area contributed by atoms with Gasteiger partial charge in [0.2, 0.25) is 5.91 Å². The van der Waals surface area contributed by atoms with Crippen LogP contribution in [0.4, 0.5) is 13.2 Å². The van der Waals surface area contributed by atoms with Crippen LogP contribution in [0, 0.1) is 22.9 Å². The van der Waals surface area contributed by atoms with E-state index < -0.39 is 64.7 Å². The van der Waals surface area contributed by atoms with Gasteiger partial charge >= 0.3 is 0 Å². The Bertz CT molecular complexity index is 1200. The lowest BCUT2D eigenvalue weighted by molar-refractivity contribution is -0.179. The van der Waals surface area contributed by atoms with Crippen molar-refractivity contribution in [2.24, 2.45) is 5.41 Å². The highest BCUT2D eigenvalue weighted by Crippen LogP contribution is 2.45.